The summed E-state index contributed by atoms with van der Waals surface area (Å²) < 4.78 is 5.07. The van der Waals surface area contributed by atoms with Gasteiger partial charge in [0.05, 0.1) is 18.4 Å². The summed E-state index contributed by atoms with van der Waals surface area (Å²) in [5.74, 6) is 0.298. The van der Waals surface area contributed by atoms with Crippen molar-refractivity contribution in [3.63, 3.8) is 0 Å². The van der Waals surface area contributed by atoms with Gasteiger partial charge in [0, 0.05) is 11.3 Å². The van der Waals surface area contributed by atoms with Crippen molar-refractivity contribution in [3.05, 3.63) is 52.7 Å². The smallest absolute Gasteiger partial charge is 0.251 e. The highest BCUT2D eigenvalue weighted by Crippen LogP contribution is 2.25. The van der Waals surface area contributed by atoms with Gasteiger partial charge in [0.1, 0.15) is 10.8 Å². The molecule has 1 heterocycles. The Morgan fingerprint density at radius 2 is 1.87 bits per heavy atom. The van der Waals surface area contributed by atoms with E-state index in [9.17, 15) is 9.59 Å². The predicted molar refractivity (Wildman–Crippen MR) is 90.3 cm³/mol. The molecule has 0 aliphatic rings. The fourth-order valence-corrected chi connectivity index (χ4v) is 3.25. The third kappa shape index (κ3) is 4.10. The first kappa shape index (κ1) is 17.0. The van der Waals surface area contributed by atoms with E-state index < -0.39 is 5.91 Å². The minimum atomic E-state index is -0.533. The molecule has 0 aliphatic heterocycles. The van der Waals surface area contributed by atoms with Crippen LogP contribution in [0.3, 0.4) is 0 Å². The Morgan fingerprint density at radius 1 is 1.22 bits per heavy atom. The molecule has 2 aromatic rings. The van der Waals surface area contributed by atoms with Crippen LogP contribution in [0.5, 0.6) is 5.75 Å². The number of aryl methyl sites for hydroxylation is 2. The van der Waals surface area contributed by atoms with Crippen LogP contribution >= 0.6 is 11.8 Å². The molecular formula is C17H18N2O3S. The normalized spacial score (nSPS) is 10.4. The van der Waals surface area contributed by atoms with Crippen molar-refractivity contribution in [3.8, 4) is 5.75 Å². The number of carbonyl (C=O) groups is 2. The molecule has 120 valence electrons. The standard InChI is InChI=1S/C17H18N2O3S/c1-10-8-11(2)19-17(15(10)16(18)21)23-9-14(20)12-4-6-13(22-3)7-5-12/h4-8H,9H2,1-3H3,(H2,18,21). The first-order valence-electron chi connectivity index (χ1n) is 7.00. The molecule has 0 spiro atoms. The van der Waals surface area contributed by atoms with Gasteiger partial charge in [-0.15, -0.1) is 0 Å². The number of hydrogen-bond donors (Lipinski definition) is 1. The minimum absolute atomic E-state index is 0.0472. The van der Waals surface area contributed by atoms with Crippen LogP contribution in [-0.2, 0) is 0 Å². The van der Waals surface area contributed by atoms with E-state index in [-0.39, 0.29) is 11.5 Å². The van der Waals surface area contributed by atoms with E-state index in [0.717, 1.165) is 11.3 Å². The SMILES string of the molecule is COc1ccc(C(=O)CSc2nc(C)cc(C)c2C(N)=O)cc1. The largest absolute Gasteiger partial charge is 0.497 e. The summed E-state index contributed by atoms with van der Waals surface area (Å²) in [4.78, 5) is 28.2. The zero-order valence-electron chi connectivity index (χ0n) is 13.3. The Bertz CT molecular complexity index is 742. The monoisotopic (exact) mass is 330 g/mol. The van der Waals surface area contributed by atoms with Gasteiger partial charge in [-0.25, -0.2) is 4.98 Å². The second kappa shape index (κ2) is 7.28. The number of primary amides is 1. The van der Waals surface area contributed by atoms with E-state index in [0.29, 0.717) is 21.9 Å². The summed E-state index contributed by atoms with van der Waals surface area (Å²) in [5.41, 5.74) is 7.94. The fraction of sp³-hybridized carbons (Fsp3) is 0.235. The first-order valence-corrected chi connectivity index (χ1v) is 7.99. The maximum atomic E-state index is 12.3. The second-order valence-corrected chi connectivity index (χ2v) is 6.03. The lowest BCUT2D eigenvalue weighted by molar-refractivity contribution is 0.0992. The number of nitrogens with two attached hydrogens (primary N) is 1. The van der Waals surface area contributed by atoms with Gasteiger partial charge >= 0.3 is 0 Å². The molecule has 6 heteroatoms. The van der Waals surface area contributed by atoms with Crippen LogP contribution in [0.1, 0.15) is 32.0 Å². The van der Waals surface area contributed by atoms with E-state index >= 15 is 0 Å². The summed E-state index contributed by atoms with van der Waals surface area (Å²) in [7, 11) is 1.57. The summed E-state index contributed by atoms with van der Waals surface area (Å²) in [6.07, 6.45) is 0. The van der Waals surface area contributed by atoms with Gasteiger partial charge in [-0.1, -0.05) is 11.8 Å². The first-order chi connectivity index (χ1) is 10.9. The van der Waals surface area contributed by atoms with Gasteiger partial charge in [0.25, 0.3) is 5.91 Å². The Balaban J connectivity index is 2.16. The molecular weight excluding hydrogens is 312 g/mol. The van der Waals surface area contributed by atoms with Crippen molar-refractivity contribution in [2.24, 2.45) is 5.73 Å². The van der Waals surface area contributed by atoms with Crippen LogP contribution in [-0.4, -0.2) is 29.5 Å². The predicted octanol–water partition coefficient (Wildman–Crippen LogP) is 2.78. The zero-order chi connectivity index (χ0) is 17.0. The maximum absolute atomic E-state index is 12.3. The molecule has 0 aliphatic carbocycles. The van der Waals surface area contributed by atoms with Crippen molar-refractivity contribution in [2.75, 3.05) is 12.9 Å². The Kier molecular flexibility index (Phi) is 5.39. The van der Waals surface area contributed by atoms with Crippen LogP contribution in [0.4, 0.5) is 0 Å². The molecule has 2 N–H and O–H groups in total. The molecule has 0 saturated carbocycles. The van der Waals surface area contributed by atoms with Crippen molar-refractivity contribution < 1.29 is 14.3 Å². The van der Waals surface area contributed by atoms with Crippen LogP contribution in [0.2, 0.25) is 0 Å². The highest BCUT2D eigenvalue weighted by atomic mass is 32.2. The number of aromatic nitrogens is 1. The highest BCUT2D eigenvalue weighted by Gasteiger charge is 2.16. The van der Waals surface area contributed by atoms with E-state index in [1.165, 1.54) is 11.8 Å². The third-order valence-corrected chi connectivity index (χ3v) is 4.29. The van der Waals surface area contributed by atoms with Crippen LogP contribution in [0.15, 0.2) is 35.4 Å². The molecule has 23 heavy (non-hydrogen) atoms. The number of benzene rings is 1. The summed E-state index contributed by atoms with van der Waals surface area (Å²) in [6.45, 7) is 3.65. The molecule has 0 saturated heterocycles. The topological polar surface area (TPSA) is 82.3 Å². The number of methoxy groups -OCH3 is 1. The van der Waals surface area contributed by atoms with Gasteiger partial charge < -0.3 is 10.5 Å². The lowest BCUT2D eigenvalue weighted by Crippen LogP contribution is -2.16. The number of ether oxygens (including phenoxy) is 1. The number of rotatable bonds is 6. The molecule has 0 unspecified atom stereocenters. The van der Waals surface area contributed by atoms with E-state index in [2.05, 4.69) is 4.98 Å². The number of thioether (sulfide) groups is 1. The minimum Gasteiger partial charge on any atom is -0.497 e. The highest BCUT2D eigenvalue weighted by molar-refractivity contribution is 8.00. The quantitative estimate of drug-likeness (QED) is 0.650. The number of Topliss-reactive ketones (excluding diaryl/α,β-unsaturated/α-hetero) is 1. The zero-order valence-corrected chi connectivity index (χ0v) is 14.1. The Hall–Kier alpha value is -2.34. The van der Waals surface area contributed by atoms with Crippen LogP contribution in [0.25, 0.3) is 0 Å². The number of pyridine rings is 1. The molecule has 1 amide bonds. The van der Waals surface area contributed by atoms with Gasteiger partial charge in [0.2, 0.25) is 0 Å². The van der Waals surface area contributed by atoms with Crippen molar-refractivity contribution >= 4 is 23.5 Å². The number of nitrogens with zero attached hydrogens (tertiary/aromatic N) is 1. The summed E-state index contributed by atoms with van der Waals surface area (Å²) >= 11 is 1.22. The molecule has 0 fully saturated rings. The lowest BCUT2D eigenvalue weighted by Gasteiger charge is -2.10. The third-order valence-electron chi connectivity index (χ3n) is 3.31. The van der Waals surface area contributed by atoms with Crippen molar-refractivity contribution in [1.29, 1.82) is 0 Å². The molecule has 2 rings (SSSR count). The average molecular weight is 330 g/mol. The number of carbonyl (C=O) groups excluding carboxylic acids is 2. The van der Waals surface area contributed by atoms with Gasteiger partial charge in [-0.2, -0.15) is 0 Å². The number of ketones is 1. The number of amides is 1. The molecule has 0 bridgehead atoms. The van der Waals surface area contributed by atoms with Crippen LogP contribution < -0.4 is 10.5 Å². The van der Waals surface area contributed by atoms with E-state index in [1.807, 2.05) is 13.8 Å². The van der Waals surface area contributed by atoms with Gasteiger partial charge in [-0.05, 0) is 49.7 Å². The fourth-order valence-electron chi connectivity index (χ4n) is 2.20. The van der Waals surface area contributed by atoms with Crippen molar-refractivity contribution in [1.82, 2.24) is 4.98 Å². The van der Waals surface area contributed by atoms with Crippen LogP contribution in [0, 0.1) is 13.8 Å². The summed E-state index contributed by atoms with van der Waals surface area (Å²) in [6, 6.07) is 8.70. The Morgan fingerprint density at radius 3 is 2.43 bits per heavy atom. The lowest BCUT2D eigenvalue weighted by atomic mass is 10.1. The molecule has 0 radical (unpaired) electrons. The van der Waals surface area contributed by atoms with Gasteiger partial charge in [0.15, 0.2) is 5.78 Å². The Labute approximate surface area is 139 Å². The summed E-state index contributed by atoms with van der Waals surface area (Å²) in [5, 5.41) is 0.497. The average Bonchev–Trinajstić information content (AvgIpc) is 2.51. The second-order valence-electron chi connectivity index (χ2n) is 5.07. The molecule has 1 aromatic heterocycles. The molecule has 1 aromatic carbocycles. The van der Waals surface area contributed by atoms with E-state index in [1.54, 1.807) is 37.4 Å². The maximum Gasteiger partial charge on any atom is 0.251 e. The molecule has 0 atom stereocenters. The van der Waals surface area contributed by atoms with Crippen molar-refractivity contribution in [2.45, 2.75) is 18.9 Å². The molecule has 5 nitrogen and oxygen atoms in total. The van der Waals surface area contributed by atoms with Gasteiger partial charge in [-0.3, -0.25) is 9.59 Å². The van der Waals surface area contributed by atoms with E-state index in [4.69, 9.17) is 10.5 Å². The number of hydrogen-bond acceptors (Lipinski definition) is 5.